The van der Waals surface area contributed by atoms with Gasteiger partial charge in [-0.15, -0.1) is 0 Å². The Bertz CT molecular complexity index is 783. The Morgan fingerprint density at radius 3 is 2.72 bits per heavy atom. The molecule has 2 heterocycles. The number of nitrogen functional groups attached to an aromatic ring is 1. The Hall–Kier alpha value is -2.61. The molecule has 1 atom stereocenters. The van der Waals surface area contributed by atoms with Crippen molar-refractivity contribution in [3.8, 4) is 0 Å². The Balaban J connectivity index is 1.98. The molecule has 0 aliphatic carbocycles. The van der Waals surface area contributed by atoms with Gasteiger partial charge in [0.1, 0.15) is 0 Å². The zero-order chi connectivity index (χ0) is 18.0. The van der Waals surface area contributed by atoms with Crippen molar-refractivity contribution < 1.29 is 4.92 Å². The van der Waals surface area contributed by atoms with Crippen LogP contribution in [-0.4, -0.2) is 28.0 Å². The number of aromatic nitrogens is 2. The van der Waals surface area contributed by atoms with Gasteiger partial charge in [-0.05, 0) is 43.0 Å². The lowest BCUT2D eigenvalue weighted by Crippen LogP contribution is -2.35. The Kier molecular flexibility index (Phi) is 4.89. The molecule has 25 heavy (non-hydrogen) atoms. The number of halogens is 1. The van der Waals surface area contributed by atoms with Crippen LogP contribution in [0.25, 0.3) is 0 Å². The number of rotatable bonds is 4. The van der Waals surface area contributed by atoms with Gasteiger partial charge in [-0.3, -0.25) is 10.1 Å². The third-order valence-electron chi connectivity index (χ3n) is 4.13. The lowest BCUT2D eigenvalue weighted by atomic mass is 10.0. The first-order valence-electron chi connectivity index (χ1n) is 8.03. The van der Waals surface area contributed by atoms with E-state index in [0.29, 0.717) is 22.6 Å². The highest BCUT2D eigenvalue weighted by Crippen LogP contribution is 2.33. The summed E-state index contributed by atoms with van der Waals surface area (Å²) < 4.78 is 0. The number of nitro groups is 1. The molecular weight excluding hydrogens is 344 g/mol. The average Bonchev–Trinajstić information content (AvgIpc) is 2.56. The number of hydrogen-bond donors (Lipinski definition) is 2. The second-order valence-corrected chi connectivity index (χ2v) is 6.62. The molecule has 8 nitrogen and oxygen atoms in total. The second kappa shape index (κ2) is 7.10. The Morgan fingerprint density at radius 2 is 2.08 bits per heavy atom. The summed E-state index contributed by atoms with van der Waals surface area (Å²) >= 11 is 5.87. The summed E-state index contributed by atoms with van der Waals surface area (Å²) in [4.78, 5) is 21.4. The zero-order valence-corrected chi connectivity index (χ0v) is 14.5. The monoisotopic (exact) mass is 362 g/mol. The number of nitrogens with two attached hydrogens (primary N) is 1. The minimum absolute atomic E-state index is 0.0769. The van der Waals surface area contributed by atoms with Gasteiger partial charge in [0.25, 0.3) is 0 Å². The van der Waals surface area contributed by atoms with Gasteiger partial charge in [0.05, 0.1) is 4.92 Å². The minimum Gasteiger partial charge on any atom is -0.378 e. The zero-order valence-electron chi connectivity index (χ0n) is 13.8. The molecule has 1 aliphatic heterocycles. The van der Waals surface area contributed by atoms with Gasteiger partial charge in [-0.1, -0.05) is 18.5 Å². The molecule has 0 saturated carbocycles. The molecule has 3 rings (SSSR count). The minimum atomic E-state index is -0.573. The van der Waals surface area contributed by atoms with Gasteiger partial charge < -0.3 is 16.0 Å². The van der Waals surface area contributed by atoms with E-state index in [-0.39, 0.29) is 17.3 Å². The van der Waals surface area contributed by atoms with Crippen LogP contribution in [0.15, 0.2) is 24.3 Å². The van der Waals surface area contributed by atoms with Crippen LogP contribution in [0.3, 0.4) is 0 Å². The van der Waals surface area contributed by atoms with Crippen molar-refractivity contribution in [2.75, 3.05) is 29.0 Å². The summed E-state index contributed by atoms with van der Waals surface area (Å²) in [5.41, 5.74) is 6.16. The Labute approximate surface area is 150 Å². The standard InChI is InChI=1S/C16H19ClN6O2/c1-10-3-2-8-22(9-10)16-20-14(18)13(23(24)25)15(21-16)19-12-6-4-11(17)5-7-12/h4-7,10H,2-3,8-9H2,1H3,(H3,18,19,20,21). The van der Waals surface area contributed by atoms with Gasteiger partial charge in [0.15, 0.2) is 0 Å². The molecule has 9 heteroatoms. The maximum Gasteiger partial charge on any atom is 0.353 e. The van der Waals surface area contributed by atoms with Crippen molar-refractivity contribution in [2.45, 2.75) is 19.8 Å². The number of nitrogens with one attached hydrogen (secondary N) is 1. The van der Waals surface area contributed by atoms with E-state index >= 15 is 0 Å². The fourth-order valence-electron chi connectivity index (χ4n) is 2.91. The maximum atomic E-state index is 11.4. The largest absolute Gasteiger partial charge is 0.378 e. The molecule has 1 fully saturated rings. The van der Waals surface area contributed by atoms with Gasteiger partial charge in [0, 0.05) is 23.8 Å². The lowest BCUT2D eigenvalue weighted by molar-refractivity contribution is -0.383. The normalized spacial score (nSPS) is 17.4. The summed E-state index contributed by atoms with van der Waals surface area (Å²) in [6.45, 7) is 3.77. The molecule has 0 amide bonds. The predicted octanol–water partition coefficient (Wildman–Crippen LogP) is 3.60. The van der Waals surface area contributed by atoms with Crippen LogP contribution in [0.5, 0.6) is 0 Å². The van der Waals surface area contributed by atoms with Gasteiger partial charge >= 0.3 is 5.69 Å². The van der Waals surface area contributed by atoms with Gasteiger partial charge in [-0.2, -0.15) is 9.97 Å². The first-order chi connectivity index (χ1) is 11.9. The van der Waals surface area contributed by atoms with Crippen molar-refractivity contribution in [3.63, 3.8) is 0 Å². The highest BCUT2D eigenvalue weighted by Gasteiger charge is 2.26. The summed E-state index contributed by atoms with van der Waals surface area (Å²) in [7, 11) is 0. The molecule has 2 aromatic rings. The van der Waals surface area contributed by atoms with Crippen molar-refractivity contribution in [1.29, 1.82) is 0 Å². The Morgan fingerprint density at radius 1 is 1.36 bits per heavy atom. The summed E-state index contributed by atoms with van der Waals surface area (Å²) in [5.74, 6) is 0.852. The maximum absolute atomic E-state index is 11.4. The molecular formula is C16H19ClN6O2. The fourth-order valence-corrected chi connectivity index (χ4v) is 3.04. The quantitative estimate of drug-likeness (QED) is 0.631. The van der Waals surface area contributed by atoms with E-state index < -0.39 is 4.92 Å². The summed E-state index contributed by atoms with van der Waals surface area (Å²) in [5, 5.41) is 14.9. The lowest BCUT2D eigenvalue weighted by Gasteiger charge is -2.31. The van der Waals surface area contributed by atoms with Crippen LogP contribution in [0.4, 0.5) is 29.0 Å². The molecule has 132 valence electrons. The van der Waals surface area contributed by atoms with E-state index in [2.05, 4.69) is 22.2 Å². The van der Waals surface area contributed by atoms with Crippen molar-refractivity contribution >= 4 is 40.6 Å². The SMILES string of the molecule is CC1CCCN(c2nc(N)c([N+](=O)[O-])c(Nc3ccc(Cl)cc3)n2)C1. The highest BCUT2D eigenvalue weighted by molar-refractivity contribution is 6.30. The van der Waals surface area contributed by atoms with E-state index in [0.717, 1.165) is 25.9 Å². The number of hydrogen-bond acceptors (Lipinski definition) is 7. The summed E-state index contributed by atoms with van der Waals surface area (Å²) in [6, 6.07) is 6.81. The molecule has 0 spiro atoms. The molecule has 0 bridgehead atoms. The number of benzene rings is 1. The molecule has 1 aromatic carbocycles. The fraction of sp³-hybridized carbons (Fsp3) is 0.375. The number of nitrogens with zero attached hydrogens (tertiary/aromatic N) is 4. The van der Waals surface area contributed by atoms with Gasteiger partial charge in [-0.25, -0.2) is 0 Å². The van der Waals surface area contributed by atoms with E-state index in [1.165, 1.54) is 0 Å². The van der Waals surface area contributed by atoms with E-state index in [1.54, 1.807) is 24.3 Å². The molecule has 0 radical (unpaired) electrons. The topological polar surface area (TPSA) is 110 Å². The molecule has 3 N–H and O–H groups in total. The van der Waals surface area contributed by atoms with E-state index in [1.807, 2.05) is 4.90 Å². The predicted molar refractivity (Wildman–Crippen MR) is 98.4 cm³/mol. The number of anilines is 4. The van der Waals surface area contributed by atoms with Crippen LogP contribution in [0.2, 0.25) is 5.02 Å². The van der Waals surface area contributed by atoms with E-state index in [9.17, 15) is 10.1 Å². The van der Waals surface area contributed by atoms with Gasteiger partial charge in [0.2, 0.25) is 17.6 Å². The molecule has 1 unspecified atom stereocenters. The first kappa shape index (κ1) is 17.2. The smallest absolute Gasteiger partial charge is 0.353 e. The van der Waals surface area contributed by atoms with Crippen molar-refractivity contribution in [1.82, 2.24) is 9.97 Å². The molecule has 1 aromatic heterocycles. The average molecular weight is 363 g/mol. The molecule has 1 aliphatic rings. The highest BCUT2D eigenvalue weighted by atomic mass is 35.5. The third-order valence-corrected chi connectivity index (χ3v) is 4.38. The van der Waals surface area contributed by atoms with Crippen molar-refractivity contribution in [2.24, 2.45) is 5.92 Å². The third kappa shape index (κ3) is 3.90. The van der Waals surface area contributed by atoms with Crippen LogP contribution < -0.4 is 16.0 Å². The van der Waals surface area contributed by atoms with Crippen LogP contribution >= 0.6 is 11.6 Å². The molecule has 1 saturated heterocycles. The van der Waals surface area contributed by atoms with Crippen LogP contribution in [-0.2, 0) is 0 Å². The van der Waals surface area contributed by atoms with Crippen molar-refractivity contribution in [3.05, 3.63) is 39.4 Å². The van der Waals surface area contributed by atoms with Crippen LogP contribution in [0, 0.1) is 16.0 Å². The second-order valence-electron chi connectivity index (χ2n) is 6.19. The number of piperidine rings is 1. The van der Waals surface area contributed by atoms with E-state index in [4.69, 9.17) is 17.3 Å². The first-order valence-corrected chi connectivity index (χ1v) is 8.41. The van der Waals surface area contributed by atoms with Crippen LogP contribution in [0.1, 0.15) is 19.8 Å². The summed E-state index contributed by atoms with van der Waals surface area (Å²) in [6.07, 6.45) is 2.18.